The second-order valence-corrected chi connectivity index (χ2v) is 4.78. The molecule has 0 saturated heterocycles. The van der Waals surface area contributed by atoms with Crippen LogP contribution in [0.4, 0.5) is 0 Å². The summed E-state index contributed by atoms with van der Waals surface area (Å²) in [5.74, 6) is -1.15. The van der Waals surface area contributed by atoms with Gasteiger partial charge in [0.15, 0.2) is 11.5 Å². The van der Waals surface area contributed by atoms with Crippen LogP contribution in [0.3, 0.4) is 0 Å². The van der Waals surface area contributed by atoms with Crippen molar-refractivity contribution < 1.29 is 20.4 Å². The fourth-order valence-corrected chi connectivity index (χ4v) is 2.34. The third kappa shape index (κ3) is 2.68. The van der Waals surface area contributed by atoms with Gasteiger partial charge in [0.05, 0.1) is 6.10 Å². The van der Waals surface area contributed by atoms with E-state index in [4.69, 9.17) is 0 Å². The van der Waals surface area contributed by atoms with Gasteiger partial charge in [-0.2, -0.15) is 0 Å². The fourth-order valence-electron chi connectivity index (χ4n) is 2.34. The smallest absolute Gasteiger partial charge is 0.200 e. The van der Waals surface area contributed by atoms with Crippen molar-refractivity contribution in [2.75, 3.05) is 0 Å². The van der Waals surface area contributed by atoms with Gasteiger partial charge in [-0.15, -0.1) is 0 Å². The van der Waals surface area contributed by atoms with Crippen molar-refractivity contribution in [3.63, 3.8) is 0 Å². The van der Waals surface area contributed by atoms with Crippen LogP contribution in [0.15, 0.2) is 12.1 Å². The number of phenols is 3. The Morgan fingerprint density at radius 1 is 1.06 bits per heavy atom. The van der Waals surface area contributed by atoms with Gasteiger partial charge in [-0.1, -0.05) is 18.9 Å². The third-order valence-corrected chi connectivity index (χ3v) is 3.50. The molecule has 0 aromatic heterocycles. The van der Waals surface area contributed by atoms with Crippen LogP contribution in [0.1, 0.15) is 31.2 Å². The summed E-state index contributed by atoms with van der Waals surface area (Å²) in [6.45, 7) is 0.349. The van der Waals surface area contributed by atoms with Crippen molar-refractivity contribution in [3.8, 4) is 17.2 Å². The second kappa shape index (κ2) is 5.46. The molecule has 1 fully saturated rings. The highest BCUT2D eigenvalue weighted by atomic mass is 16.3. The molecule has 100 valence electrons. The molecule has 1 saturated carbocycles. The molecule has 5 heteroatoms. The standard InChI is InChI=1S/C13H19NO4/c15-10-4-2-1-3-9(10)14-7-8-5-6-11(16)13(18)12(8)17/h5-6,9-10,14-18H,1-4,7H2. The Bertz CT molecular complexity index is 422. The van der Waals surface area contributed by atoms with Crippen molar-refractivity contribution in [2.45, 2.75) is 44.4 Å². The topological polar surface area (TPSA) is 93.0 Å². The van der Waals surface area contributed by atoms with Gasteiger partial charge in [0.25, 0.3) is 0 Å². The number of hydrogen-bond donors (Lipinski definition) is 5. The lowest BCUT2D eigenvalue weighted by Crippen LogP contribution is -2.41. The van der Waals surface area contributed by atoms with E-state index in [9.17, 15) is 20.4 Å². The summed E-state index contributed by atoms with van der Waals surface area (Å²) in [5.41, 5.74) is 0.503. The average molecular weight is 253 g/mol. The summed E-state index contributed by atoms with van der Waals surface area (Å²) >= 11 is 0. The van der Waals surface area contributed by atoms with Crippen molar-refractivity contribution in [1.29, 1.82) is 0 Å². The molecule has 5 nitrogen and oxygen atoms in total. The summed E-state index contributed by atoms with van der Waals surface area (Å²) in [5, 5.41) is 41.2. The van der Waals surface area contributed by atoms with Crippen LogP contribution in [-0.2, 0) is 6.54 Å². The van der Waals surface area contributed by atoms with Crippen LogP contribution in [0.2, 0.25) is 0 Å². The van der Waals surface area contributed by atoms with Crippen LogP contribution in [-0.4, -0.2) is 32.6 Å². The van der Waals surface area contributed by atoms with Gasteiger partial charge in [-0.25, -0.2) is 0 Å². The SMILES string of the molecule is Oc1ccc(CNC2CCCCC2O)c(O)c1O. The van der Waals surface area contributed by atoms with E-state index >= 15 is 0 Å². The van der Waals surface area contributed by atoms with Gasteiger partial charge in [0.2, 0.25) is 5.75 Å². The summed E-state index contributed by atoms with van der Waals surface area (Å²) in [7, 11) is 0. The predicted molar refractivity (Wildman–Crippen MR) is 66.5 cm³/mol. The molecule has 0 bridgehead atoms. The zero-order chi connectivity index (χ0) is 13.1. The number of nitrogens with one attached hydrogen (secondary N) is 1. The highest BCUT2D eigenvalue weighted by Gasteiger charge is 2.22. The maximum atomic E-state index is 9.80. The molecule has 1 aromatic rings. The normalized spacial score (nSPS) is 24.1. The summed E-state index contributed by atoms with van der Waals surface area (Å²) < 4.78 is 0. The molecule has 1 aromatic carbocycles. The van der Waals surface area contributed by atoms with E-state index in [0.717, 1.165) is 25.7 Å². The highest BCUT2D eigenvalue weighted by Crippen LogP contribution is 2.37. The minimum Gasteiger partial charge on any atom is -0.504 e. The van der Waals surface area contributed by atoms with E-state index in [-0.39, 0.29) is 23.6 Å². The molecule has 0 radical (unpaired) electrons. The first kappa shape index (κ1) is 13.0. The molecule has 0 spiro atoms. The molecule has 18 heavy (non-hydrogen) atoms. The number of benzene rings is 1. The quantitative estimate of drug-likeness (QED) is 0.522. The van der Waals surface area contributed by atoms with Crippen molar-refractivity contribution in [1.82, 2.24) is 5.32 Å². The monoisotopic (exact) mass is 253 g/mol. The van der Waals surface area contributed by atoms with E-state index in [1.54, 1.807) is 6.07 Å². The maximum absolute atomic E-state index is 9.80. The minimum atomic E-state index is -0.501. The molecule has 2 atom stereocenters. The van der Waals surface area contributed by atoms with E-state index in [1.165, 1.54) is 6.07 Å². The number of aliphatic hydroxyl groups is 1. The number of hydrogen-bond acceptors (Lipinski definition) is 5. The van der Waals surface area contributed by atoms with Crippen LogP contribution < -0.4 is 5.32 Å². The first-order chi connectivity index (χ1) is 8.59. The molecule has 5 N–H and O–H groups in total. The molecular formula is C13H19NO4. The Kier molecular flexibility index (Phi) is 3.93. The lowest BCUT2D eigenvalue weighted by atomic mass is 9.92. The first-order valence-corrected chi connectivity index (χ1v) is 6.24. The Morgan fingerprint density at radius 3 is 2.50 bits per heavy atom. The van der Waals surface area contributed by atoms with Crippen molar-refractivity contribution >= 4 is 0 Å². The largest absolute Gasteiger partial charge is 0.504 e. The molecule has 2 unspecified atom stereocenters. The lowest BCUT2D eigenvalue weighted by Gasteiger charge is -2.28. The number of rotatable bonds is 3. The van der Waals surface area contributed by atoms with E-state index in [1.807, 2.05) is 0 Å². The first-order valence-electron chi connectivity index (χ1n) is 6.24. The van der Waals surface area contributed by atoms with E-state index in [0.29, 0.717) is 12.1 Å². The van der Waals surface area contributed by atoms with Crippen LogP contribution in [0, 0.1) is 0 Å². The second-order valence-electron chi connectivity index (χ2n) is 4.78. The highest BCUT2D eigenvalue weighted by molar-refractivity contribution is 5.53. The fraction of sp³-hybridized carbons (Fsp3) is 0.538. The van der Waals surface area contributed by atoms with E-state index in [2.05, 4.69) is 5.32 Å². The summed E-state index contributed by atoms with van der Waals surface area (Å²) in [6, 6.07) is 2.91. The average Bonchev–Trinajstić information content (AvgIpc) is 2.37. The number of aromatic hydroxyl groups is 3. The summed E-state index contributed by atoms with van der Waals surface area (Å²) in [6.07, 6.45) is 3.48. The molecule has 0 heterocycles. The molecule has 0 amide bonds. The Hall–Kier alpha value is -1.46. The molecule has 1 aliphatic rings. The molecule has 0 aliphatic heterocycles. The zero-order valence-electron chi connectivity index (χ0n) is 10.1. The third-order valence-electron chi connectivity index (χ3n) is 3.50. The number of phenolic OH excluding ortho intramolecular Hbond substituents is 3. The number of aliphatic hydroxyl groups excluding tert-OH is 1. The van der Waals surface area contributed by atoms with Gasteiger partial charge in [-0.05, 0) is 18.9 Å². The van der Waals surface area contributed by atoms with Gasteiger partial charge in [0, 0.05) is 18.2 Å². The molecule has 2 rings (SSSR count). The van der Waals surface area contributed by atoms with Gasteiger partial charge >= 0.3 is 0 Å². The maximum Gasteiger partial charge on any atom is 0.200 e. The molecule has 1 aliphatic carbocycles. The van der Waals surface area contributed by atoms with Crippen LogP contribution in [0.25, 0.3) is 0 Å². The van der Waals surface area contributed by atoms with Crippen LogP contribution in [0.5, 0.6) is 17.2 Å². The molecular weight excluding hydrogens is 234 g/mol. The Balaban J connectivity index is 1.99. The Labute approximate surface area is 106 Å². The van der Waals surface area contributed by atoms with Gasteiger partial charge < -0.3 is 25.7 Å². The summed E-state index contributed by atoms with van der Waals surface area (Å²) in [4.78, 5) is 0. The van der Waals surface area contributed by atoms with Gasteiger partial charge in [-0.3, -0.25) is 0 Å². The van der Waals surface area contributed by atoms with Crippen molar-refractivity contribution in [3.05, 3.63) is 17.7 Å². The zero-order valence-corrected chi connectivity index (χ0v) is 10.1. The Morgan fingerprint density at radius 2 is 1.78 bits per heavy atom. The predicted octanol–water partition coefficient (Wildman–Crippen LogP) is 1.20. The van der Waals surface area contributed by atoms with Gasteiger partial charge in [0.1, 0.15) is 0 Å². The van der Waals surface area contributed by atoms with Crippen molar-refractivity contribution in [2.24, 2.45) is 0 Å². The minimum absolute atomic E-state index is 0.0223. The van der Waals surface area contributed by atoms with Crippen LogP contribution >= 0.6 is 0 Å². The van der Waals surface area contributed by atoms with E-state index < -0.39 is 5.75 Å². The lowest BCUT2D eigenvalue weighted by molar-refractivity contribution is 0.0901.